The van der Waals surface area contributed by atoms with Crippen LogP contribution in [0.2, 0.25) is 5.02 Å². The van der Waals surface area contributed by atoms with Crippen molar-refractivity contribution in [2.24, 2.45) is 5.92 Å². The predicted molar refractivity (Wildman–Crippen MR) is 119 cm³/mol. The van der Waals surface area contributed by atoms with Crippen molar-refractivity contribution >= 4 is 27.5 Å². The molecule has 9 heteroatoms. The number of piperidine rings is 1. The van der Waals surface area contributed by atoms with Crippen LogP contribution in [0.5, 0.6) is 5.75 Å². The minimum Gasteiger partial charge on any atom is -0.491 e. The second-order valence-electron chi connectivity index (χ2n) is 7.34. The van der Waals surface area contributed by atoms with Crippen LogP contribution in [-0.2, 0) is 26.1 Å². The van der Waals surface area contributed by atoms with E-state index in [1.165, 1.54) is 16.4 Å². The molecule has 0 bridgehead atoms. The van der Waals surface area contributed by atoms with Gasteiger partial charge in [0.25, 0.3) is 0 Å². The Hall–Kier alpha value is -2.13. The average molecular weight is 467 g/mol. The van der Waals surface area contributed by atoms with Gasteiger partial charge in [0.1, 0.15) is 12.4 Å². The molecule has 1 saturated heterocycles. The number of methoxy groups -OCH3 is 1. The van der Waals surface area contributed by atoms with Gasteiger partial charge in [0.2, 0.25) is 15.9 Å². The van der Waals surface area contributed by atoms with Gasteiger partial charge in [-0.25, -0.2) is 8.42 Å². The van der Waals surface area contributed by atoms with Crippen LogP contribution in [0.4, 0.5) is 0 Å². The molecule has 0 atom stereocenters. The van der Waals surface area contributed by atoms with Crippen LogP contribution < -0.4 is 10.1 Å². The fourth-order valence-corrected chi connectivity index (χ4v) is 4.99. The lowest BCUT2D eigenvalue weighted by Crippen LogP contribution is -2.42. The molecular weight excluding hydrogens is 440 g/mol. The molecular formula is C22H27ClN2O5S. The van der Waals surface area contributed by atoms with E-state index in [1.807, 2.05) is 24.3 Å². The number of rotatable bonds is 9. The molecule has 0 unspecified atom stereocenters. The molecule has 0 spiro atoms. The molecule has 168 valence electrons. The predicted octanol–water partition coefficient (Wildman–Crippen LogP) is 3.08. The van der Waals surface area contributed by atoms with Gasteiger partial charge in [-0.15, -0.1) is 0 Å². The second kappa shape index (κ2) is 10.9. The van der Waals surface area contributed by atoms with Crippen LogP contribution in [0.1, 0.15) is 18.4 Å². The third-order valence-corrected chi connectivity index (χ3v) is 7.39. The lowest BCUT2D eigenvalue weighted by atomic mass is 9.97. The molecule has 0 aromatic heterocycles. The van der Waals surface area contributed by atoms with Crippen molar-refractivity contribution in [2.75, 3.05) is 33.4 Å². The van der Waals surface area contributed by atoms with E-state index in [0.29, 0.717) is 50.7 Å². The highest BCUT2D eigenvalue weighted by Gasteiger charge is 2.31. The van der Waals surface area contributed by atoms with Crippen LogP contribution in [0.25, 0.3) is 0 Å². The number of hydrogen-bond donors (Lipinski definition) is 1. The number of sulfonamides is 1. The van der Waals surface area contributed by atoms with E-state index in [0.717, 1.165) is 11.3 Å². The minimum atomic E-state index is -3.57. The number of ether oxygens (including phenoxy) is 2. The fraction of sp³-hybridized carbons (Fsp3) is 0.409. The van der Waals surface area contributed by atoms with Crippen molar-refractivity contribution in [2.45, 2.75) is 24.3 Å². The SMILES string of the molecule is COCCOc1ccc(CNC(=O)C2CCN(S(=O)(=O)c3ccc(Cl)cc3)CC2)cc1. The van der Waals surface area contributed by atoms with E-state index in [-0.39, 0.29) is 16.7 Å². The molecule has 2 aromatic carbocycles. The van der Waals surface area contributed by atoms with Gasteiger partial charge in [0, 0.05) is 37.7 Å². The normalized spacial score (nSPS) is 15.5. The zero-order valence-electron chi connectivity index (χ0n) is 17.4. The number of hydrogen-bond acceptors (Lipinski definition) is 5. The topological polar surface area (TPSA) is 84.9 Å². The van der Waals surface area contributed by atoms with E-state index in [4.69, 9.17) is 21.1 Å². The quantitative estimate of drug-likeness (QED) is 0.574. The zero-order valence-corrected chi connectivity index (χ0v) is 19.0. The van der Waals surface area contributed by atoms with E-state index in [1.54, 1.807) is 19.2 Å². The summed E-state index contributed by atoms with van der Waals surface area (Å²) in [6.45, 7) is 2.06. The first kappa shape index (κ1) is 23.5. The summed E-state index contributed by atoms with van der Waals surface area (Å²) in [6.07, 6.45) is 0.982. The summed E-state index contributed by atoms with van der Waals surface area (Å²) in [5.41, 5.74) is 0.968. The molecule has 31 heavy (non-hydrogen) atoms. The van der Waals surface area contributed by atoms with Crippen LogP contribution >= 0.6 is 11.6 Å². The maximum atomic E-state index is 12.8. The molecule has 1 fully saturated rings. The van der Waals surface area contributed by atoms with Crippen molar-refractivity contribution in [3.8, 4) is 5.75 Å². The number of nitrogens with zero attached hydrogens (tertiary/aromatic N) is 1. The van der Waals surface area contributed by atoms with Crippen LogP contribution in [0, 0.1) is 5.92 Å². The van der Waals surface area contributed by atoms with E-state index >= 15 is 0 Å². The molecule has 3 rings (SSSR count). The Morgan fingerprint density at radius 1 is 1.06 bits per heavy atom. The van der Waals surface area contributed by atoms with Gasteiger partial charge in [-0.2, -0.15) is 4.31 Å². The van der Waals surface area contributed by atoms with Gasteiger partial charge in [0.15, 0.2) is 0 Å². The summed E-state index contributed by atoms with van der Waals surface area (Å²) in [5, 5.41) is 3.44. The van der Waals surface area contributed by atoms with Gasteiger partial charge in [-0.1, -0.05) is 23.7 Å². The standard InChI is InChI=1S/C22H27ClN2O5S/c1-29-14-15-30-20-6-2-17(3-7-20)16-24-22(26)18-10-12-25(13-11-18)31(27,28)21-8-4-19(23)5-9-21/h2-9,18H,10-16H2,1H3,(H,24,26). The first-order valence-corrected chi connectivity index (χ1v) is 12.0. The van der Waals surface area contributed by atoms with Crippen molar-refractivity contribution in [3.05, 3.63) is 59.1 Å². The van der Waals surface area contributed by atoms with Crippen molar-refractivity contribution < 1.29 is 22.7 Å². The number of benzene rings is 2. The van der Waals surface area contributed by atoms with E-state index < -0.39 is 10.0 Å². The highest BCUT2D eigenvalue weighted by atomic mass is 35.5. The average Bonchev–Trinajstić information content (AvgIpc) is 2.79. The molecule has 2 aromatic rings. The maximum absolute atomic E-state index is 12.8. The summed E-state index contributed by atoms with van der Waals surface area (Å²) in [6, 6.07) is 13.7. The Morgan fingerprint density at radius 2 is 1.71 bits per heavy atom. The Balaban J connectivity index is 1.46. The Kier molecular flexibility index (Phi) is 8.31. The van der Waals surface area contributed by atoms with Crippen LogP contribution in [0.15, 0.2) is 53.4 Å². The van der Waals surface area contributed by atoms with Crippen molar-refractivity contribution in [1.82, 2.24) is 9.62 Å². The number of halogens is 1. The number of carbonyl (C=O) groups is 1. The van der Waals surface area contributed by atoms with E-state index in [9.17, 15) is 13.2 Å². The smallest absolute Gasteiger partial charge is 0.243 e. The number of amides is 1. The van der Waals surface area contributed by atoms with Crippen molar-refractivity contribution in [3.63, 3.8) is 0 Å². The fourth-order valence-electron chi connectivity index (χ4n) is 3.39. The summed E-state index contributed by atoms with van der Waals surface area (Å²) < 4.78 is 37.4. The van der Waals surface area contributed by atoms with Gasteiger partial charge in [-0.05, 0) is 54.8 Å². The Bertz CT molecular complexity index is 956. The van der Waals surface area contributed by atoms with Crippen LogP contribution in [0.3, 0.4) is 0 Å². The monoisotopic (exact) mass is 466 g/mol. The highest BCUT2D eigenvalue weighted by Crippen LogP contribution is 2.25. The van der Waals surface area contributed by atoms with Gasteiger partial charge in [-0.3, -0.25) is 4.79 Å². The second-order valence-corrected chi connectivity index (χ2v) is 9.71. The third kappa shape index (κ3) is 6.43. The minimum absolute atomic E-state index is 0.0519. The summed E-state index contributed by atoms with van der Waals surface area (Å²) in [7, 11) is -1.95. The zero-order chi connectivity index (χ0) is 22.3. The largest absolute Gasteiger partial charge is 0.491 e. The number of nitrogens with one attached hydrogen (secondary N) is 1. The first-order valence-electron chi connectivity index (χ1n) is 10.1. The maximum Gasteiger partial charge on any atom is 0.243 e. The molecule has 1 aliphatic heterocycles. The summed E-state index contributed by atoms with van der Waals surface area (Å²) in [4.78, 5) is 12.8. The molecule has 0 aliphatic carbocycles. The van der Waals surface area contributed by atoms with Crippen LogP contribution in [-0.4, -0.2) is 52.0 Å². The van der Waals surface area contributed by atoms with Crippen molar-refractivity contribution in [1.29, 1.82) is 0 Å². The molecule has 1 aliphatic rings. The lowest BCUT2D eigenvalue weighted by Gasteiger charge is -2.30. The molecule has 1 heterocycles. The first-order chi connectivity index (χ1) is 14.9. The van der Waals surface area contributed by atoms with Gasteiger partial charge >= 0.3 is 0 Å². The Morgan fingerprint density at radius 3 is 2.32 bits per heavy atom. The molecule has 7 nitrogen and oxygen atoms in total. The van der Waals surface area contributed by atoms with Gasteiger partial charge in [0.05, 0.1) is 11.5 Å². The Labute approximate surface area is 188 Å². The molecule has 1 N–H and O–H groups in total. The molecule has 0 saturated carbocycles. The highest BCUT2D eigenvalue weighted by molar-refractivity contribution is 7.89. The van der Waals surface area contributed by atoms with Gasteiger partial charge < -0.3 is 14.8 Å². The summed E-state index contributed by atoms with van der Waals surface area (Å²) in [5.74, 6) is 0.499. The number of carbonyl (C=O) groups excluding carboxylic acids is 1. The van der Waals surface area contributed by atoms with E-state index in [2.05, 4.69) is 5.32 Å². The summed E-state index contributed by atoms with van der Waals surface area (Å²) >= 11 is 5.85. The lowest BCUT2D eigenvalue weighted by molar-refractivity contribution is -0.126. The molecule has 1 amide bonds. The third-order valence-electron chi connectivity index (χ3n) is 5.22. The molecule has 0 radical (unpaired) electrons.